The van der Waals surface area contributed by atoms with E-state index in [2.05, 4.69) is 5.32 Å². The molecule has 0 bridgehead atoms. The number of anilines is 1. The number of carboxylic acid groups (broad SMARTS) is 1. The van der Waals surface area contributed by atoms with Gasteiger partial charge in [0.15, 0.2) is 5.54 Å². The molecule has 19 heavy (non-hydrogen) atoms. The van der Waals surface area contributed by atoms with Crippen molar-refractivity contribution < 1.29 is 9.90 Å². The van der Waals surface area contributed by atoms with Crippen LogP contribution in [-0.2, 0) is 10.3 Å². The molecular weight excluding hydrogens is 238 g/mol. The van der Waals surface area contributed by atoms with Crippen molar-refractivity contribution in [3.63, 3.8) is 0 Å². The molecular formula is C16H17NO2. The Balaban J connectivity index is 2.42. The van der Waals surface area contributed by atoms with Crippen LogP contribution in [0.5, 0.6) is 0 Å². The van der Waals surface area contributed by atoms with Crippen LogP contribution in [0.4, 0.5) is 5.69 Å². The second kappa shape index (κ2) is 5.14. The fourth-order valence-corrected chi connectivity index (χ4v) is 2.00. The van der Waals surface area contributed by atoms with Gasteiger partial charge in [0.2, 0.25) is 0 Å². The average molecular weight is 255 g/mol. The first-order chi connectivity index (χ1) is 9.04. The molecule has 0 amide bonds. The zero-order valence-corrected chi connectivity index (χ0v) is 11.1. The Morgan fingerprint density at radius 3 is 2.21 bits per heavy atom. The van der Waals surface area contributed by atoms with Gasteiger partial charge in [-0.1, -0.05) is 48.5 Å². The van der Waals surface area contributed by atoms with Crippen molar-refractivity contribution in [2.45, 2.75) is 19.4 Å². The summed E-state index contributed by atoms with van der Waals surface area (Å²) in [6.45, 7) is 3.63. The minimum atomic E-state index is -1.15. The van der Waals surface area contributed by atoms with Gasteiger partial charge in [-0.05, 0) is 31.0 Å². The molecule has 0 saturated heterocycles. The maximum Gasteiger partial charge on any atom is 0.333 e. The van der Waals surface area contributed by atoms with Crippen molar-refractivity contribution in [2.75, 3.05) is 5.32 Å². The van der Waals surface area contributed by atoms with Gasteiger partial charge >= 0.3 is 5.97 Å². The largest absolute Gasteiger partial charge is 0.479 e. The smallest absolute Gasteiger partial charge is 0.333 e. The Labute approximate surface area is 112 Å². The van der Waals surface area contributed by atoms with Crippen LogP contribution >= 0.6 is 0 Å². The number of nitrogens with one attached hydrogen (secondary N) is 1. The summed E-state index contributed by atoms with van der Waals surface area (Å²) >= 11 is 0. The number of para-hydroxylation sites is 1. The number of rotatable bonds is 4. The first-order valence-corrected chi connectivity index (χ1v) is 6.17. The SMILES string of the molecule is Cc1ccccc1NC(C)(C(=O)O)c1ccccc1. The lowest BCUT2D eigenvalue weighted by atomic mass is 9.91. The number of carboxylic acids is 1. The molecule has 0 aromatic heterocycles. The zero-order chi connectivity index (χ0) is 13.9. The summed E-state index contributed by atoms with van der Waals surface area (Å²) in [5.41, 5.74) is 1.43. The van der Waals surface area contributed by atoms with E-state index in [1.165, 1.54) is 0 Å². The number of benzene rings is 2. The van der Waals surface area contributed by atoms with E-state index in [4.69, 9.17) is 0 Å². The van der Waals surface area contributed by atoms with Crippen molar-refractivity contribution in [1.82, 2.24) is 0 Å². The van der Waals surface area contributed by atoms with Crippen molar-refractivity contribution in [1.29, 1.82) is 0 Å². The Hall–Kier alpha value is -2.29. The Bertz CT molecular complexity index is 580. The lowest BCUT2D eigenvalue weighted by molar-refractivity contribution is -0.142. The van der Waals surface area contributed by atoms with Gasteiger partial charge in [-0.15, -0.1) is 0 Å². The first kappa shape index (κ1) is 13.1. The van der Waals surface area contributed by atoms with Gasteiger partial charge in [-0.25, -0.2) is 4.79 Å². The third kappa shape index (κ3) is 2.60. The molecule has 1 atom stereocenters. The number of hydrogen-bond donors (Lipinski definition) is 2. The molecule has 3 heteroatoms. The van der Waals surface area contributed by atoms with Crippen LogP contribution in [0.1, 0.15) is 18.1 Å². The van der Waals surface area contributed by atoms with E-state index in [9.17, 15) is 9.90 Å². The van der Waals surface area contributed by atoms with Gasteiger partial charge in [-0.3, -0.25) is 0 Å². The summed E-state index contributed by atoms with van der Waals surface area (Å²) in [7, 11) is 0. The lowest BCUT2D eigenvalue weighted by Crippen LogP contribution is -2.40. The molecule has 1 unspecified atom stereocenters. The second-order valence-electron chi connectivity index (χ2n) is 4.74. The maximum absolute atomic E-state index is 11.7. The summed E-state index contributed by atoms with van der Waals surface area (Å²) in [6, 6.07) is 16.9. The quantitative estimate of drug-likeness (QED) is 0.880. The summed E-state index contributed by atoms with van der Waals surface area (Å²) < 4.78 is 0. The highest BCUT2D eigenvalue weighted by atomic mass is 16.4. The van der Waals surface area contributed by atoms with Crippen LogP contribution < -0.4 is 5.32 Å². The summed E-state index contributed by atoms with van der Waals surface area (Å²) in [6.07, 6.45) is 0. The molecule has 3 nitrogen and oxygen atoms in total. The highest BCUT2D eigenvalue weighted by Gasteiger charge is 2.35. The molecule has 0 saturated carbocycles. The average Bonchev–Trinajstić information content (AvgIpc) is 2.42. The van der Waals surface area contributed by atoms with Gasteiger partial charge in [0.25, 0.3) is 0 Å². The molecule has 0 fully saturated rings. The van der Waals surface area contributed by atoms with Crippen LogP contribution in [0.2, 0.25) is 0 Å². The van der Waals surface area contributed by atoms with Crippen LogP contribution in [-0.4, -0.2) is 11.1 Å². The number of aryl methyl sites for hydroxylation is 1. The molecule has 2 rings (SSSR count). The van der Waals surface area contributed by atoms with Crippen LogP contribution in [0, 0.1) is 6.92 Å². The van der Waals surface area contributed by atoms with Crippen LogP contribution in [0.3, 0.4) is 0 Å². The highest BCUT2D eigenvalue weighted by Crippen LogP contribution is 2.28. The Morgan fingerprint density at radius 1 is 1.05 bits per heavy atom. The molecule has 98 valence electrons. The molecule has 2 N–H and O–H groups in total. The van der Waals surface area contributed by atoms with E-state index >= 15 is 0 Å². The standard InChI is InChI=1S/C16H17NO2/c1-12-8-6-7-11-14(12)17-16(2,15(18)19)13-9-4-3-5-10-13/h3-11,17H,1-2H3,(H,18,19). The van der Waals surface area contributed by atoms with Gasteiger partial charge in [0.05, 0.1) is 0 Å². The second-order valence-corrected chi connectivity index (χ2v) is 4.74. The van der Waals surface area contributed by atoms with Crippen molar-refractivity contribution in [3.8, 4) is 0 Å². The van der Waals surface area contributed by atoms with Crippen molar-refractivity contribution in [3.05, 3.63) is 65.7 Å². The van der Waals surface area contributed by atoms with Gasteiger partial charge < -0.3 is 10.4 Å². The molecule has 2 aromatic carbocycles. The molecule has 0 aliphatic heterocycles. The highest BCUT2D eigenvalue weighted by molar-refractivity contribution is 5.84. The van der Waals surface area contributed by atoms with Crippen LogP contribution in [0.25, 0.3) is 0 Å². The molecule has 0 heterocycles. The van der Waals surface area contributed by atoms with E-state index in [-0.39, 0.29) is 0 Å². The monoisotopic (exact) mass is 255 g/mol. The van der Waals surface area contributed by atoms with E-state index in [0.717, 1.165) is 16.8 Å². The Kier molecular flexibility index (Phi) is 3.56. The zero-order valence-electron chi connectivity index (χ0n) is 11.1. The lowest BCUT2D eigenvalue weighted by Gasteiger charge is -2.28. The number of hydrogen-bond acceptors (Lipinski definition) is 2. The fourth-order valence-electron chi connectivity index (χ4n) is 2.00. The van der Waals surface area contributed by atoms with E-state index in [0.29, 0.717) is 0 Å². The fraction of sp³-hybridized carbons (Fsp3) is 0.188. The molecule has 0 aliphatic rings. The minimum absolute atomic E-state index is 0.728. The third-order valence-electron chi connectivity index (χ3n) is 3.31. The van der Waals surface area contributed by atoms with Gasteiger partial charge in [0, 0.05) is 5.69 Å². The van der Waals surface area contributed by atoms with E-state index in [1.807, 2.05) is 61.5 Å². The van der Waals surface area contributed by atoms with Crippen molar-refractivity contribution in [2.24, 2.45) is 0 Å². The van der Waals surface area contributed by atoms with Gasteiger partial charge in [0.1, 0.15) is 0 Å². The predicted octanol–water partition coefficient (Wildman–Crippen LogP) is 3.41. The maximum atomic E-state index is 11.7. The summed E-state index contributed by atoms with van der Waals surface area (Å²) in [5.74, 6) is -0.901. The third-order valence-corrected chi connectivity index (χ3v) is 3.31. The van der Waals surface area contributed by atoms with Gasteiger partial charge in [-0.2, -0.15) is 0 Å². The van der Waals surface area contributed by atoms with E-state index in [1.54, 1.807) is 6.92 Å². The summed E-state index contributed by atoms with van der Waals surface area (Å²) in [5, 5.41) is 12.7. The molecule has 2 aromatic rings. The minimum Gasteiger partial charge on any atom is -0.479 e. The van der Waals surface area contributed by atoms with Crippen molar-refractivity contribution >= 4 is 11.7 Å². The Morgan fingerprint density at radius 2 is 1.63 bits per heavy atom. The number of carbonyl (C=O) groups is 1. The van der Waals surface area contributed by atoms with Crippen LogP contribution in [0.15, 0.2) is 54.6 Å². The van der Waals surface area contributed by atoms with E-state index < -0.39 is 11.5 Å². The molecule has 0 radical (unpaired) electrons. The first-order valence-electron chi connectivity index (χ1n) is 6.17. The normalized spacial score (nSPS) is 13.6. The summed E-state index contributed by atoms with van der Waals surface area (Å²) in [4.78, 5) is 11.7. The topological polar surface area (TPSA) is 49.3 Å². The molecule has 0 aliphatic carbocycles. The number of aliphatic carboxylic acids is 1. The predicted molar refractivity (Wildman–Crippen MR) is 76.2 cm³/mol. The molecule has 0 spiro atoms.